The van der Waals surface area contributed by atoms with Gasteiger partial charge in [0.15, 0.2) is 0 Å². The van der Waals surface area contributed by atoms with Gasteiger partial charge in [0.1, 0.15) is 9.84 Å². The quantitative estimate of drug-likeness (QED) is 0.448. The fraction of sp³-hybridized carbons (Fsp3) is 0.333. The van der Waals surface area contributed by atoms with E-state index >= 15 is 0 Å². The first-order chi connectivity index (χ1) is 15.6. The molecule has 1 unspecified atom stereocenters. The average Bonchev–Trinajstić information content (AvgIpc) is 3.45. The van der Waals surface area contributed by atoms with Crippen LogP contribution in [0.25, 0.3) is 21.5 Å². The van der Waals surface area contributed by atoms with Gasteiger partial charge in [-0.05, 0) is 38.2 Å². The molecule has 1 aliphatic rings. The Morgan fingerprint density at radius 2 is 2.03 bits per heavy atom. The summed E-state index contributed by atoms with van der Waals surface area (Å²) in [5.74, 6) is -0.103. The van der Waals surface area contributed by atoms with E-state index in [1.807, 2.05) is 42.6 Å². The Labute approximate surface area is 194 Å². The van der Waals surface area contributed by atoms with E-state index in [2.05, 4.69) is 15.3 Å². The van der Waals surface area contributed by atoms with E-state index in [1.54, 1.807) is 22.2 Å². The van der Waals surface area contributed by atoms with Crippen LogP contribution >= 0.6 is 22.7 Å². The number of rotatable bonds is 6. The molecular weight excluding hydrogens is 440 g/mol. The van der Waals surface area contributed by atoms with Crippen molar-refractivity contribution in [2.45, 2.75) is 51.6 Å². The second-order valence-corrected chi connectivity index (χ2v) is 10.1. The zero-order chi connectivity index (χ0) is 22.1. The van der Waals surface area contributed by atoms with Crippen molar-refractivity contribution in [3.05, 3.63) is 67.8 Å². The summed E-state index contributed by atoms with van der Waals surface area (Å²) in [5.41, 5.74) is 3.13. The predicted molar refractivity (Wildman–Crippen MR) is 129 cm³/mol. The number of thiazole rings is 1. The summed E-state index contributed by atoms with van der Waals surface area (Å²) in [6.45, 7) is 2.25. The van der Waals surface area contributed by atoms with Crippen molar-refractivity contribution >= 4 is 38.8 Å². The Morgan fingerprint density at radius 1 is 1.22 bits per heavy atom. The van der Waals surface area contributed by atoms with E-state index in [1.165, 1.54) is 28.2 Å². The van der Waals surface area contributed by atoms with Gasteiger partial charge in [-0.3, -0.25) is 14.2 Å². The van der Waals surface area contributed by atoms with Gasteiger partial charge >= 0.3 is 0 Å². The molecule has 0 fully saturated rings. The lowest BCUT2D eigenvalue weighted by molar-refractivity contribution is -0.121. The number of aromatic nitrogens is 3. The highest BCUT2D eigenvalue weighted by Crippen LogP contribution is 2.33. The molecule has 3 heterocycles. The van der Waals surface area contributed by atoms with E-state index < -0.39 is 0 Å². The molecule has 164 valence electrons. The van der Waals surface area contributed by atoms with Crippen LogP contribution in [0.4, 0.5) is 0 Å². The molecule has 0 aliphatic heterocycles. The second kappa shape index (κ2) is 8.96. The van der Waals surface area contributed by atoms with Crippen LogP contribution in [-0.2, 0) is 24.2 Å². The maximum absolute atomic E-state index is 13.0. The molecule has 0 saturated heterocycles. The van der Waals surface area contributed by atoms with Gasteiger partial charge in [-0.25, -0.2) is 9.97 Å². The van der Waals surface area contributed by atoms with Gasteiger partial charge in [-0.15, -0.1) is 22.7 Å². The van der Waals surface area contributed by atoms with Crippen LogP contribution in [0.2, 0.25) is 0 Å². The summed E-state index contributed by atoms with van der Waals surface area (Å²) < 4.78 is 1.57. The molecule has 1 atom stereocenters. The van der Waals surface area contributed by atoms with E-state index in [0.717, 1.165) is 45.7 Å². The van der Waals surface area contributed by atoms with Gasteiger partial charge in [0, 0.05) is 28.8 Å². The van der Waals surface area contributed by atoms with Gasteiger partial charge in [0.05, 0.1) is 23.4 Å². The molecule has 1 amide bonds. The second-order valence-electron chi connectivity index (χ2n) is 8.11. The first kappa shape index (κ1) is 21.0. The number of benzene rings is 1. The molecule has 0 saturated carbocycles. The van der Waals surface area contributed by atoms with Crippen LogP contribution in [0.5, 0.6) is 0 Å². The number of hydrogen-bond donors (Lipinski definition) is 1. The third kappa shape index (κ3) is 4.12. The van der Waals surface area contributed by atoms with Gasteiger partial charge in [0.25, 0.3) is 5.56 Å². The van der Waals surface area contributed by atoms with E-state index in [-0.39, 0.29) is 23.9 Å². The van der Waals surface area contributed by atoms with E-state index in [4.69, 9.17) is 0 Å². The summed E-state index contributed by atoms with van der Waals surface area (Å²) in [7, 11) is 0. The maximum Gasteiger partial charge on any atom is 0.262 e. The highest BCUT2D eigenvalue weighted by Gasteiger charge is 2.20. The number of hydrogen-bond acceptors (Lipinski definition) is 6. The number of amides is 1. The lowest BCUT2D eigenvalue weighted by atomic mass is 9.97. The minimum Gasteiger partial charge on any atom is -0.347 e. The van der Waals surface area contributed by atoms with Crippen molar-refractivity contribution in [1.82, 2.24) is 19.9 Å². The fourth-order valence-electron chi connectivity index (χ4n) is 4.17. The highest BCUT2D eigenvalue weighted by molar-refractivity contribution is 7.18. The van der Waals surface area contributed by atoms with Gasteiger partial charge in [-0.1, -0.05) is 30.3 Å². The predicted octanol–water partition coefficient (Wildman–Crippen LogP) is 4.73. The highest BCUT2D eigenvalue weighted by atomic mass is 32.1. The number of carbonyl (C=O) groups is 1. The molecule has 1 N–H and O–H groups in total. The molecule has 0 spiro atoms. The molecular formula is C24H24N4O2S2. The fourth-order valence-corrected chi connectivity index (χ4v) is 6.22. The van der Waals surface area contributed by atoms with Crippen LogP contribution in [0.3, 0.4) is 0 Å². The summed E-state index contributed by atoms with van der Waals surface area (Å²) in [5, 5.41) is 6.64. The van der Waals surface area contributed by atoms with Gasteiger partial charge in [-0.2, -0.15) is 0 Å². The van der Waals surface area contributed by atoms with E-state index in [0.29, 0.717) is 6.54 Å². The number of nitrogens with zero attached hydrogens (tertiary/aromatic N) is 3. The van der Waals surface area contributed by atoms with E-state index in [9.17, 15) is 9.59 Å². The van der Waals surface area contributed by atoms with Crippen molar-refractivity contribution in [2.75, 3.05) is 0 Å². The molecule has 5 rings (SSSR count). The van der Waals surface area contributed by atoms with Crippen molar-refractivity contribution in [3.8, 4) is 11.3 Å². The summed E-state index contributed by atoms with van der Waals surface area (Å²) in [4.78, 5) is 36.9. The van der Waals surface area contributed by atoms with Gasteiger partial charge in [0.2, 0.25) is 5.91 Å². The summed E-state index contributed by atoms with van der Waals surface area (Å²) in [6, 6.07) is 9.81. The summed E-state index contributed by atoms with van der Waals surface area (Å²) >= 11 is 3.18. The van der Waals surface area contributed by atoms with Crippen LogP contribution < -0.4 is 10.9 Å². The molecule has 6 nitrogen and oxygen atoms in total. The molecule has 0 radical (unpaired) electrons. The number of fused-ring (bicyclic) bond motifs is 3. The van der Waals surface area contributed by atoms with Crippen molar-refractivity contribution in [2.24, 2.45) is 0 Å². The first-order valence-electron chi connectivity index (χ1n) is 10.9. The minimum absolute atomic E-state index is 0.0253. The Morgan fingerprint density at radius 3 is 2.88 bits per heavy atom. The lowest BCUT2D eigenvalue weighted by Crippen LogP contribution is -2.29. The molecule has 1 aromatic carbocycles. The number of aryl methyl sites for hydroxylation is 3. The standard InChI is InChI=1S/C24H24N4O2S2/c1-15(22-27-18(13-31-22)16-7-3-2-4-8-16)26-20(29)11-12-28-14-25-23-21(24(28)30)17-9-5-6-10-19(17)32-23/h2-4,7-8,13-15H,5-6,9-12H2,1H3,(H,26,29). The third-order valence-electron chi connectivity index (χ3n) is 5.86. The van der Waals surface area contributed by atoms with Crippen molar-refractivity contribution in [1.29, 1.82) is 0 Å². The minimum atomic E-state index is -0.189. The Bertz CT molecular complexity index is 1320. The molecule has 32 heavy (non-hydrogen) atoms. The number of thiophene rings is 1. The molecule has 8 heteroatoms. The van der Waals surface area contributed by atoms with Crippen molar-refractivity contribution in [3.63, 3.8) is 0 Å². The first-order valence-corrected chi connectivity index (χ1v) is 12.6. The number of carbonyl (C=O) groups excluding carboxylic acids is 1. The van der Waals surface area contributed by atoms with Crippen LogP contribution in [-0.4, -0.2) is 20.4 Å². The smallest absolute Gasteiger partial charge is 0.262 e. The third-order valence-corrected chi connectivity index (χ3v) is 8.09. The zero-order valence-electron chi connectivity index (χ0n) is 17.8. The molecule has 1 aliphatic carbocycles. The monoisotopic (exact) mass is 464 g/mol. The van der Waals surface area contributed by atoms with Crippen LogP contribution in [0, 0.1) is 0 Å². The van der Waals surface area contributed by atoms with Gasteiger partial charge < -0.3 is 5.32 Å². The molecule has 4 aromatic rings. The Balaban J connectivity index is 1.24. The SMILES string of the molecule is CC(NC(=O)CCn1cnc2sc3c(c2c1=O)CCCC3)c1nc(-c2ccccc2)cs1. The largest absolute Gasteiger partial charge is 0.347 e. The maximum atomic E-state index is 13.0. The number of nitrogens with one attached hydrogen (secondary N) is 1. The Hall–Kier alpha value is -2.84. The zero-order valence-corrected chi connectivity index (χ0v) is 19.5. The van der Waals surface area contributed by atoms with Crippen LogP contribution in [0.15, 0.2) is 46.8 Å². The van der Waals surface area contributed by atoms with Crippen molar-refractivity contribution < 1.29 is 4.79 Å². The summed E-state index contributed by atoms with van der Waals surface area (Å²) in [6.07, 6.45) is 6.09. The molecule has 0 bridgehead atoms. The topological polar surface area (TPSA) is 76.9 Å². The molecule has 3 aromatic heterocycles. The lowest BCUT2D eigenvalue weighted by Gasteiger charge is -2.12. The Kier molecular flexibility index (Phi) is 5.89. The van der Waals surface area contributed by atoms with Crippen LogP contribution in [0.1, 0.15) is 47.7 Å². The normalized spacial score (nSPS) is 14.3. The average molecular weight is 465 g/mol.